The first-order valence-electron chi connectivity index (χ1n) is 9.23. The van der Waals surface area contributed by atoms with Crippen molar-refractivity contribution in [3.05, 3.63) is 42.5 Å². The first-order chi connectivity index (χ1) is 13.9. The molecule has 0 aliphatic carbocycles. The van der Waals surface area contributed by atoms with Gasteiger partial charge >= 0.3 is 5.97 Å². The molecular formula is C18H23N5O5S. The minimum Gasteiger partial charge on any atom is -0.462 e. The molecule has 1 aliphatic heterocycles. The fraction of sp³-hybridized carbons (Fsp3) is 0.444. The molecule has 0 N–H and O–H groups in total. The highest BCUT2D eigenvalue weighted by Gasteiger charge is 2.29. The fourth-order valence-electron chi connectivity index (χ4n) is 3.00. The lowest BCUT2D eigenvalue weighted by Crippen LogP contribution is -2.49. The molecule has 0 bridgehead atoms. The summed E-state index contributed by atoms with van der Waals surface area (Å²) in [6, 6.07) is 5.82. The van der Waals surface area contributed by atoms with E-state index in [1.54, 1.807) is 15.9 Å². The second kappa shape index (κ2) is 9.14. The molecule has 1 amide bonds. The van der Waals surface area contributed by atoms with Gasteiger partial charge in [0.05, 0.1) is 17.1 Å². The van der Waals surface area contributed by atoms with E-state index >= 15 is 0 Å². The Morgan fingerprint density at radius 1 is 1.17 bits per heavy atom. The number of aryl methyl sites for hydroxylation is 1. The number of sulfonamides is 1. The number of hydrogen-bond acceptors (Lipinski definition) is 7. The average molecular weight is 421 g/mol. The second-order valence-electron chi connectivity index (χ2n) is 6.59. The van der Waals surface area contributed by atoms with Crippen LogP contribution >= 0.6 is 0 Å². The van der Waals surface area contributed by atoms with Gasteiger partial charge in [0.1, 0.15) is 12.7 Å². The molecule has 0 saturated carbocycles. The van der Waals surface area contributed by atoms with Gasteiger partial charge in [-0.25, -0.2) is 18.2 Å². The summed E-state index contributed by atoms with van der Waals surface area (Å²) in [5.41, 5.74) is 0.175. The molecule has 156 valence electrons. The molecule has 1 aromatic heterocycles. The van der Waals surface area contributed by atoms with Crippen molar-refractivity contribution in [1.82, 2.24) is 24.0 Å². The lowest BCUT2D eigenvalue weighted by Gasteiger charge is -2.33. The molecule has 3 rings (SSSR count). The number of piperazine rings is 1. The standard InChI is InChI=1S/C18H23N5O5S/c1-15(24)21-7-9-23(10-8-21)29(26,27)17-5-2-4-16(12-17)18(25)28-11-3-6-22-14-19-13-20-22/h2,4-5,12-14H,3,6-11H2,1H3. The molecule has 2 aromatic rings. The summed E-state index contributed by atoms with van der Waals surface area (Å²) in [5, 5.41) is 3.96. The Morgan fingerprint density at radius 2 is 1.93 bits per heavy atom. The smallest absolute Gasteiger partial charge is 0.338 e. The Hall–Kier alpha value is -2.79. The number of hydrogen-bond donors (Lipinski definition) is 0. The maximum Gasteiger partial charge on any atom is 0.338 e. The van der Waals surface area contributed by atoms with E-state index in [1.807, 2.05) is 0 Å². The quantitative estimate of drug-likeness (QED) is 0.469. The third-order valence-corrected chi connectivity index (χ3v) is 6.52. The Labute approximate surface area is 169 Å². The molecule has 1 saturated heterocycles. The number of aromatic nitrogens is 3. The van der Waals surface area contributed by atoms with Crippen LogP contribution in [0.4, 0.5) is 0 Å². The lowest BCUT2D eigenvalue weighted by molar-refractivity contribution is -0.129. The number of nitrogens with zero attached hydrogens (tertiary/aromatic N) is 5. The maximum absolute atomic E-state index is 12.9. The average Bonchev–Trinajstić information content (AvgIpc) is 3.25. The van der Waals surface area contributed by atoms with E-state index in [0.29, 0.717) is 26.1 Å². The minimum absolute atomic E-state index is 0.0332. The maximum atomic E-state index is 12.9. The second-order valence-corrected chi connectivity index (χ2v) is 8.52. The van der Waals surface area contributed by atoms with Gasteiger partial charge in [-0.05, 0) is 18.2 Å². The van der Waals surface area contributed by atoms with Crippen molar-refractivity contribution in [2.75, 3.05) is 32.8 Å². The largest absolute Gasteiger partial charge is 0.462 e. The predicted octanol–water partition coefficient (Wildman–Crippen LogP) is 0.378. The molecule has 0 radical (unpaired) electrons. The summed E-state index contributed by atoms with van der Waals surface area (Å²) < 4.78 is 34.0. The molecule has 0 atom stereocenters. The van der Waals surface area contributed by atoms with Gasteiger partial charge in [-0.1, -0.05) is 6.07 Å². The topological polar surface area (TPSA) is 115 Å². The molecule has 10 nitrogen and oxygen atoms in total. The highest BCUT2D eigenvalue weighted by atomic mass is 32.2. The number of rotatable bonds is 7. The molecular weight excluding hydrogens is 398 g/mol. The van der Waals surface area contributed by atoms with Gasteiger partial charge in [0.2, 0.25) is 15.9 Å². The number of carbonyl (C=O) groups excluding carboxylic acids is 2. The fourth-order valence-corrected chi connectivity index (χ4v) is 4.47. The van der Waals surface area contributed by atoms with Crippen LogP contribution in [0.5, 0.6) is 0 Å². The van der Waals surface area contributed by atoms with Gasteiger partial charge < -0.3 is 9.64 Å². The van der Waals surface area contributed by atoms with Crippen LogP contribution < -0.4 is 0 Å². The zero-order valence-electron chi connectivity index (χ0n) is 16.1. The first-order valence-corrected chi connectivity index (χ1v) is 10.7. The van der Waals surface area contributed by atoms with Crippen LogP contribution in [-0.4, -0.2) is 77.0 Å². The van der Waals surface area contributed by atoms with Crippen molar-refractivity contribution < 1.29 is 22.7 Å². The Morgan fingerprint density at radius 3 is 2.59 bits per heavy atom. The van der Waals surface area contributed by atoms with E-state index < -0.39 is 16.0 Å². The van der Waals surface area contributed by atoms with E-state index in [2.05, 4.69) is 10.1 Å². The highest BCUT2D eigenvalue weighted by molar-refractivity contribution is 7.89. The van der Waals surface area contributed by atoms with Crippen LogP contribution in [0.1, 0.15) is 23.7 Å². The van der Waals surface area contributed by atoms with Crippen LogP contribution in [-0.2, 0) is 26.1 Å². The summed E-state index contributed by atoms with van der Waals surface area (Å²) >= 11 is 0. The van der Waals surface area contributed by atoms with E-state index in [-0.39, 0.29) is 36.1 Å². The summed E-state index contributed by atoms with van der Waals surface area (Å²) in [7, 11) is -3.75. The van der Waals surface area contributed by atoms with Crippen molar-refractivity contribution in [1.29, 1.82) is 0 Å². The summed E-state index contributed by atoms with van der Waals surface area (Å²) in [5.74, 6) is -0.655. The molecule has 0 spiro atoms. The molecule has 2 heterocycles. The number of carbonyl (C=O) groups is 2. The Kier molecular flexibility index (Phi) is 6.60. The Bertz CT molecular complexity index is 953. The normalized spacial score (nSPS) is 15.3. The van der Waals surface area contributed by atoms with Gasteiger partial charge in [0, 0.05) is 46.1 Å². The van der Waals surface area contributed by atoms with E-state index in [0.717, 1.165) is 0 Å². The number of amides is 1. The Balaban J connectivity index is 1.59. The SMILES string of the molecule is CC(=O)N1CCN(S(=O)(=O)c2cccc(C(=O)OCCCn3cncn3)c2)CC1. The molecule has 1 fully saturated rings. The van der Waals surface area contributed by atoms with Crippen molar-refractivity contribution in [3.63, 3.8) is 0 Å². The van der Waals surface area contributed by atoms with E-state index in [4.69, 9.17) is 4.74 Å². The van der Waals surface area contributed by atoms with Crippen LogP contribution in [0.25, 0.3) is 0 Å². The predicted molar refractivity (Wildman–Crippen MR) is 102 cm³/mol. The molecule has 29 heavy (non-hydrogen) atoms. The summed E-state index contributed by atoms with van der Waals surface area (Å²) in [4.78, 5) is 29.2. The van der Waals surface area contributed by atoms with Gasteiger partial charge in [0.25, 0.3) is 0 Å². The highest BCUT2D eigenvalue weighted by Crippen LogP contribution is 2.19. The van der Waals surface area contributed by atoms with Crippen LogP contribution in [0, 0.1) is 0 Å². The number of ether oxygens (including phenoxy) is 1. The molecule has 1 aliphatic rings. The summed E-state index contributed by atoms with van der Waals surface area (Å²) in [6.07, 6.45) is 3.57. The molecule has 11 heteroatoms. The van der Waals surface area contributed by atoms with Crippen LogP contribution in [0.15, 0.2) is 41.8 Å². The van der Waals surface area contributed by atoms with Crippen LogP contribution in [0.2, 0.25) is 0 Å². The number of benzene rings is 1. The van der Waals surface area contributed by atoms with Gasteiger partial charge in [0.15, 0.2) is 0 Å². The molecule has 1 aromatic carbocycles. The first kappa shape index (κ1) is 20.9. The number of esters is 1. The third-order valence-electron chi connectivity index (χ3n) is 4.62. The van der Waals surface area contributed by atoms with Crippen molar-refractivity contribution in [2.24, 2.45) is 0 Å². The van der Waals surface area contributed by atoms with Gasteiger partial charge in [-0.15, -0.1) is 0 Å². The van der Waals surface area contributed by atoms with Crippen LogP contribution in [0.3, 0.4) is 0 Å². The zero-order valence-corrected chi connectivity index (χ0v) is 16.9. The monoisotopic (exact) mass is 421 g/mol. The van der Waals surface area contributed by atoms with Crippen molar-refractivity contribution in [2.45, 2.75) is 24.8 Å². The third kappa shape index (κ3) is 5.18. The van der Waals surface area contributed by atoms with E-state index in [9.17, 15) is 18.0 Å². The lowest BCUT2D eigenvalue weighted by atomic mass is 10.2. The molecule has 0 unspecified atom stereocenters. The van der Waals surface area contributed by atoms with Gasteiger partial charge in [-0.2, -0.15) is 9.40 Å². The summed E-state index contributed by atoms with van der Waals surface area (Å²) in [6.45, 7) is 3.35. The minimum atomic E-state index is -3.75. The van der Waals surface area contributed by atoms with Crippen molar-refractivity contribution >= 4 is 21.9 Å². The van der Waals surface area contributed by atoms with E-state index in [1.165, 1.54) is 41.8 Å². The van der Waals surface area contributed by atoms with Crippen molar-refractivity contribution in [3.8, 4) is 0 Å². The zero-order chi connectivity index (χ0) is 20.9. The van der Waals surface area contributed by atoms with Gasteiger partial charge in [-0.3, -0.25) is 9.48 Å².